The van der Waals surface area contributed by atoms with Crippen LogP contribution in [0.5, 0.6) is 0 Å². The molecule has 12 heavy (non-hydrogen) atoms. The van der Waals surface area contributed by atoms with E-state index in [-0.39, 0.29) is 98.1 Å². The second-order valence-corrected chi connectivity index (χ2v) is 2.44. The molecule has 5 radical (unpaired) electrons. The molecule has 5 heteroatoms. The molecule has 0 saturated heterocycles. The Hall–Kier alpha value is 3.08. The first-order valence-electron chi connectivity index (χ1n) is 2.73. The Kier molecular flexibility index (Phi) is 20.7. The molecule has 0 fully saturated rings. The minimum Gasteiger partial charge on any atom is -0.0964 e. The molecule has 0 atom stereocenters. The van der Waals surface area contributed by atoms with E-state index in [9.17, 15) is 0 Å². The van der Waals surface area contributed by atoms with Crippen LogP contribution in [0.1, 0.15) is 5.56 Å². The molecule has 0 heterocycles. The van der Waals surface area contributed by atoms with Gasteiger partial charge < -0.3 is 0 Å². The van der Waals surface area contributed by atoms with Crippen molar-refractivity contribution in [3.63, 3.8) is 0 Å². The van der Waals surface area contributed by atoms with Crippen molar-refractivity contribution >= 4 is 29.2 Å². The predicted molar refractivity (Wildman–Crippen MR) is 44.5 cm³/mol. The van der Waals surface area contributed by atoms with E-state index in [2.05, 4.69) is 15.9 Å². The second-order valence-electron chi connectivity index (χ2n) is 1.88. The summed E-state index contributed by atoms with van der Waals surface area (Å²) in [6.45, 7) is 0. The van der Waals surface area contributed by atoms with Gasteiger partial charge in [0.05, 0.1) is 0 Å². The molecule has 0 aliphatic heterocycles. The van der Waals surface area contributed by atoms with Crippen molar-refractivity contribution in [1.82, 2.24) is 0 Å². The Bertz CT molecular complexity index is 208. The third kappa shape index (κ3) is 8.39. The zero-order valence-electron chi connectivity index (χ0n) is 6.70. The van der Waals surface area contributed by atoms with Crippen molar-refractivity contribution in [1.29, 1.82) is 0 Å². The molecule has 0 aliphatic carbocycles. The van der Waals surface area contributed by atoms with E-state index < -0.39 is 0 Å². The summed E-state index contributed by atoms with van der Waals surface area (Å²) in [6.07, 6.45) is 0. The van der Waals surface area contributed by atoms with Crippen molar-refractivity contribution in [2.75, 3.05) is 0 Å². The van der Waals surface area contributed by atoms with Crippen LogP contribution in [0.25, 0.3) is 0 Å². The Morgan fingerprint density at radius 2 is 1.75 bits per heavy atom. The van der Waals surface area contributed by atoms with Crippen LogP contribution in [-0.4, -0.2) is 7.85 Å². The summed E-state index contributed by atoms with van der Waals surface area (Å²) in [5, 5.41) is 0.873. The summed E-state index contributed by atoms with van der Waals surface area (Å²) < 4.78 is 0. The molecular formula is C7H6BBrY3. The van der Waals surface area contributed by atoms with E-state index >= 15 is 0 Å². The molecule has 1 aromatic carbocycles. The van der Waals surface area contributed by atoms with Gasteiger partial charge >= 0.3 is 0 Å². The Morgan fingerprint density at radius 1 is 1.17 bits per heavy atom. The fraction of sp³-hybridized carbons (Fsp3) is 0.143. The van der Waals surface area contributed by atoms with Gasteiger partial charge in [0.2, 0.25) is 0 Å². The van der Waals surface area contributed by atoms with Gasteiger partial charge in [-0.3, -0.25) is 0 Å². The monoisotopic (exact) mass is 447 g/mol. The number of benzene rings is 1. The third-order valence-corrected chi connectivity index (χ3v) is 1.75. The van der Waals surface area contributed by atoms with Crippen LogP contribution < -0.4 is 5.46 Å². The molecule has 0 unspecified atom stereocenters. The summed E-state index contributed by atoms with van der Waals surface area (Å²) in [6, 6.07) is 7.82. The SMILES string of the molecule is [B]c1cccc(CBr)c1.[Y].[Y].[Y]. The molecule has 1 aromatic rings. The van der Waals surface area contributed by atoms with E-state index in [0.29, 0.717) is 0 Å². The minimum absolute atomic E-state index is 0. The first kappa shape index (κ1) is 20.5. The molecule has 0 bridgehead atoms. The maximum Gasteiger partial charge on any atom is 0.113 e. The summed E-state index contributed by atoms with van der Waals surface area (Å²) in [5.41, 5.74) is 2.04. The number of alkyl halides is 1. The third-order valence-electron chi connectivity index (χ3n) is 1.11. The fourth-order valence-electron chi connectivity index (χ4n) is 0.676. The van der Waals surface area contributed by atoms with Gasteiger partial charge in [-0.25, -0.2) is 0 Å². The molecule has 0 nitrogen and oxygen atoms in total. The van der Waals surface area contributed by atoms with E-state index in [1.807, 2.05) is 24.3 Å². The zero-order valence-corrected chi connectivity index (χ0v) is 16.8. The van der Waals surface area contributed by atoms with Crippen LogP contribution in [-0.2, 0) is 103 Å². The molecule has 53 valence electrons. The molecule has 0 aliphatic rings. The van der Waals surface area contributed by atoms with Crippen LogP contribution in [0.4, 0.5) is 0 Å². The molecule has 0 N–H and O–H groups in total. The molecule has 0 amide bonds. The van der Waals surface area contributed by atoms with Gasteiger partial charge in [0.25, 0.3) is 0 Å². The summed E-state index contributed by atoms with van der Waals surface area (Å²) in [4.78, 5) is 0. The smallest absolute Gasteiger partial charge is 0.0964 e. The van der Waals surface area contributed by atoms with Gasteiger partial charge in [0.15, 0.2) is 0 Å². The average molecular weight is 448 g/mol. The summed E-state index contributed by atoms with van der Waals surface area (Å²) in [7, 11) is 5.51. The summed E-state index contributed by atoms with van der Waals surface area (Å²) in [5.74, 6) is 0. The fourth-order valence-corrected chi connectivity index (χ4v) is 1.03. The minimum atomic E-state index is 0. The molecular weight excluding hydrogens is 442 g/mol. The maximum absolute atomic E-state index is 5.51. The Labute approximate surface area is 159 Å². The zero-order chi connectivity index (χ0) is 6.69. The van der Waals surface area contributed by atoms with Crippen LogP contribution >= 0.6 is 15.9 Å². The van der Waals surface area contributed by atoms with Crippen molar-refractivity contribution in [2.45, 2.75) is 5.33 Å². The van der Waals surface area contributed by atoms with Crippen molar-refractivity contribution in [3.8, 4) is 0 Å². The molecule has 1 rings (SSSR count). The van der Waals surface area contributed by atoms with Crippen LogP contribution in [0.2, 0.25) is 0 Å². The number of halogens is 1. The first-order valence-corrected chi connectivity index (χ1v) is 3.85. The van der Waals surface area contributed by atoms with E-state index in [1.54, 1.807) is 0 Å². The maximum atomic E-state index is 5.51. The quantitative estimate of drug-likeness (QED) is 0.451. The number of rotatable bonds is 1. The standard InChI is InChI=1S/C7H6BBr.3Y/c8-7-3-1-2-6(4-7)5-9;;;/h1-4H,5H2;;;. The molecule has 0 saturated carbocycles. The largest absolute Gasteiger partial charge is 0.113 e. The molecule has 0 spiro atoms. The Balaban J connectivity index is -0.000000270. The second kappa shape index (κ2) is 12.1. The normalized spacial score (nSPS) is 7.08. The number of hydrogen-bond donors (Lipinski definition) is 0. The molecule has 0 aromatic heterocycles. The van der Waals surface area contributed by atoms with Gasteiger partial charge in [-0.2, -0.15) is 0 Å². The van der Waals surface area contributed by atoms with Gasteiger partial charge in [0.1, 0.15) is 7.85 Å². The topological polar surface area (TPSA) is 0 Å². The van der Waals surface area contributed by atoms with Crippen molar-refractivity contribution in [2.24, 2.45) is 0 Å². The Morgan fingerprint density at radius 3 is 2.08 bits per heavy atom. The van der Waals surface area contributed by atoms with E-state index in [4.69, 9.17) is 7.85 Å². The number of hydrogen-bond acceptors (Lipinski definition) is 0. The van der Waals surface area contributed by atoms with Gasteiger partial charge in [-0.05, 0) is 5.56 Å². The van der Waals surface area contributed by atoms with Crippen molar-refractivity contribution in [3.05, 3.63) is 29.8 Å². The predicted octanol–water partition coefficient (Wildman–Crippen LogP) is 1.37. The van der Waals surface area contributed by atoms with E-state index in [0.717, 1.165) is 10.8 Å². The van der Waals surface area contributed by atoms with E-state index in [1.165, 1.54) is 5.56 Å². The first-order chi connectivity index (χ1) is 4.33. The summed E-state index contributed by atoms with van der Waals surface area (Å²) >= 11 is 3.34. The average Bonchev–Trinajstić information content (AvgIpc) is 1.88. The van der Waals surface area contributed by atoms with Gasteiger partial charge in [-0.15, -0.1) is 0 Å². The van der Waals surface area contributed by atoms with Crippen molar-refractivity contribution < 1.29 is 98.1 Å². The van der Waals surface area contributed by atoms with Gasteiger partial charge in [-0.1, -0.05) is 45.7 Å². The van der Waals surface area contributed by atoms with Crippen LogP contribution in [0.15, 0.2) is 24.3 Å². The van der Waals surface area contributed by atoms with Crippen LogP contribution in [0.3, 0.4) is 0 Å². The van der Waals surface area contributed by atoms with Crippen LogP contribution in [0, 0.1) is 0 Å². The van der Waals surface area contributed by atoms with Gasteiger partial charge in [0, 0.05) is 103 Å².